The van der Waals surface area contributed by atoms with Crippen molar-refractivity contribution in [3.05, 3.63) is 30.3 Å². The Labute approximate surface area is 99.7 Å². The number of piperidine rings is 1. The Morgan fingerprint density at radius 3 is 3.18 bits per heavy atom. The minimum Gasteiger partial charge on any atom is -0.329 e. The smallest absolute Gasteiger partial charge is 0.151 e. The van der Waals surface area contributed by atoms with Crippen molar-refractivity contribution in [2.75, 3.05) is 6.54 Å². The van der Waals surface area contributed by atoms with Crippen LogP contribution < -0.4 is 5.32 Å². The Morgan fingerprint density at radius 2 is 2.35 bits per heavy atom. The number of hydrogen-bond acceptors (Lipinski definition) is 2. The third-order valence-corrected chi connectivity index (χ3v) is 3.43. The first-order valence-electron chi connectivity index (χ1n) is 6.17. The van der Waals surface area contributed by atoms with Crippen LogP contribution in [0.15, 0.2) is 24.5 Å². The van der Waals surface area contributed by atoms with Gasteiger partial charge in [-0.25, -0.2) is 9.37 Å². The van der Waals surface area contributed by atoms with Crippen LogP contribution in [0.5, 0.6) is 0 Å². The highest BCUT2D eigenvalue weighted by molar-refractivity contribution is 5.75. The molecule has 1 atom stereocenters. The maximum absolute atomic E-state index is 13.5. The summed E-state index contributed by atoms with van der Waals surface area (Å²) in [7, 11) is 0. The first-order chi connectivity index (χ1) is 8.34. The van der Waals surface area contributed by atoms with Gasteiger partial charge in [0, 0.05) is 12.6 Å². The van der Waals surface area contributed by atoms with E-state index in [0.29, 0.717) is 11.6 Å². The van der Waals surface area contributed by atoms with Crippen molar-refractivity contribution in [2.24, 2.45) is 0 Å². The summed E-state index contributed by atoms with van der Waals surface area (Å²) >= 11 is 0. The maximum atomic E-state index is 13.5. The SMILES string of the molecule is Fc1cccc2c1ncn2CC1CCCCN1. The average molecular weight is 233 g/mol. The summed E-state index contributed by atoms with van der Waals surface area (Å²) in [5, 5.41) is 3.49. The van der Waals surface area contributed by atoms with Gasteiger partial charge in [-0.2, -0.15) is 0 Å². The number of benzene rings is 1. The number of aromatic nitrogens is 2. The molecular formula is C13H16FN3. The number of rotatable bonds is 2. The van der Waals surface area contributed by atoms with E-state index in [1.54, 1.807) is 12.4 Å². The molecule has 17 heavy (non-hydrogen) atoms. The lowest BCUT2D eigenvalue weighted by Crippen LogP contribution is -2.37. The van der Waals surface area contributed by atoms with Gasteiger partial charge in [0.25, 0.3) is 0 Å². The zero-order valence-corrected chi connectivity index (χ0v) is 9.69. The molecule has 4 heteroatoms. The van der Waals surface area contributed by atoms with E-state index in [4.69, 9.17) is 0 Å². The molecule has 0 radical (unpaired) electrons. The molecule has 3 nitrogen and oxygen atoms in total. The van der Waals surface area contributed by atoms with Crippen molar-refractivity contribution < 1.29 is 4.39 Å². The van der Waals surface area contributed by atoms with Gasteiger partial charge in [-0.05, 0) is 31.5 Å². The van der Waals surface area contributed by atoms with Crippen LogP contribution in [0.2, 0.25) is 0 Å². The number of halogens is 1. The number of nitrogens with zero attached hydrogens (tertiary/aromatic N) is 2. The third-order valence-electron chi connectivity index (χ3n) is 3.43. The zero-order valence-electron chi connectivity index (χ0n) is 9.69. The molecule has 1 unspecified atom stereocenters. The Balaban J connectivity index is 1.87. The van der Waals surface area contributed by atoms with Gasteiger partial charge in [0.2, 0.25) is 0 Å². The zero-order chi connectivity index (χ0) is 11.7. The molecule has 0 saturated carbocycles. The normalized spacial score (nSPS) is 20.9. The molecule has 0 spiro atoms. The molecule has 2 heterocycles. The van der Waals surface area contributed by atoms with E-state index in [1.165, 1.54) is 25.3 Å². The van der Waals surface area contributed by atoms with Gasteiger partial charge >= 0.3 is 0 Å². The molecule has 0 amide bonds. The van der Waals surface area contributed by atoms with Crippen molar-refractivity contribution in [3.63, 3.8) is 0 Å². The van der Waals surface area contributed by atoms with Gasteiger partial charge in [0.15, 0.2) is 5.82 Å². The summed E-state index contributed by atoms with van der Waals surface area (Å²) in [6.07, 6.45) is 5.47. The predicted octanol–water partition coefficient (Wildman–Crippen LogP) is 2.32. The molecule has 90 valence electrons. The number of nitrogens with one attached hydrogen (secondary N) is 1. The standard InChI is InChI=1S/C13H16FN3/c14-11-5-3-6-12-13(11)16-9-17(12)8-10-4-1-2-7-15-10/h3,5-6,9-10,15H,1-2,4,7-8H2. The summed E-state index contributed by atoms with van der Waals surface area (Å²) in [6, 6.07) is 5.61. The number of fused-ring (bicyclic) bond motifs is 1. The fourth-order valence-electron chi connectivity index (χ4n) is 2.52. The van der Waals surface area contributed by atoms with Gasteiger partial charge in [0.05, 0.1) is 11.8 Å². The molecular weight excluding hydrogens is 217 g/mol. The van der Waals surface area contributed by atoms with E-state index in [0.717, 1.165) is 18.6 Å². The van der Waals surface area contributed by atoms with Crippen LogP contribution >= 0.6 is 0 Å². The second kappa shape index (κ2) is 4.45. The Morgan fingerprint density at radius 1 is 1.41 bits per heavy atom. The molecule has 0 aliphatic carbocycles. The molecule has 1 aromatic heterocycles. The number of imidazole rings is 1. The lowest BCUT2D eigenvalue weighted by Gasteiger charge is -2.23. The molecule has 3 rings (SSSR count). The molecule has 1 N–H and O–H groups in total. The Kier molecular flexibility index (Phi) is 2.81. The van der Waals surface area contributed by atoms with Crippen LogP contribution in [0, 0.1) is 5.82 Å². The highest BCUT2D eigenvalue weighted by Gasteiger charge is 2.14. The molecule has 1 fully saturated rings. The van der Waals surface area contributed by atoms with Gasteiger partial charge in [-0.15, -0.1) is 0 Å². The number of para-hydroxylation sites is 1. The van der Waals surface area contributed by atoms with Crippen LogP contribution in [0.1, 0.15) is 19.3 Å². The van der Waals surface area contributed by atoms with Crippen molar-refractivity contribution in [1.29, 1.82) is 0 Å². The Hall–Kier alpha value is -1.42. The van der Waals surface area contributed by atoms with E-state index >= 15 is 0 Å². The van der Waals surface area contributed by atoms with Crippen molar-refractivity contribution in [3.8, 4) is 0 Å². The highest BCUT2D eigenvalue weighted by Crippen LogP contribution is 2.17. The third kappa shape index (κ3) is 2.05. The molecule has 1 aromatic carbocycles. The van der Waals surface area contributed by atoms with E-state index in [2.05, 4.69) is 10.3 Å². The summed E-state index contributed by atoms with van der Waals surface area (Å²) in [6.45, 7) is 1.96. The predicted molar refractivity (Wildman–Crippen MR) is 65.3 cm³/mol. The van der Waals surface area contributed by atoms with Gasteiger partial charge in [0.1, 0.15) is 5.52 Å². The molecule has 0 bridgehead atoms. The largest absolute Gasteiger partial charge is 0.329 e. The second-order valence-electron chi connectivity index (χ2n) is 4.65. The topological polar surface area (TPSA) is 29.9 Å². The summed E-state index contributed by atoms with van der Waals surface area (Å²) < 4.78 is 15.5. The van der Waals surface area contributed by atoms with E-state index in [1.807, 2.05) is 10.6 Å². The van der Waals surface area contributed by atoms with Crippen molar-refractivity contribution in [2.45, 2.75) is 31.8 Å². The number of hydrogen-bond donors (Lipinski definition) is 1. The monoisotopic (exact) mass is 233 g/mol. The molecule has 1 aliphatic rings. The highest BCUT2D eigenvalue weighted by atomic mass is 19.1. The van der Waals surface area contributed by atoms with Crippen LogP contribution in [0.25, 0.3) is 11.0 Å². The van der Waals surface area contributed by atoms with Gasteiger partial charge in [-0.3, -0.25) is 0 Å². The van der Waals surface area contributed by atoms with E-state index in [9.17, 15) is 4.39 Å². The lowest BCUT2D eigenvalue weighted by atomic mass is 10.1. The lowest BCUT2D eigenvalue weighted by molar-refractivity contribution is 0.366. The first kappa shape index (κ1) is 10.7. The minimum atomic E-state index is -0.238. The van der Waals surface area contributed by atoms with Gasteiger partial charge < -0.3 is 9.88 Å². The minimum absolute atomic E-state index is 0.238. The first-order valence-corrected chi connectivity index (χ1v) is 6.17. The van der Waals surface area contributed by atoms with E-state index < -0.39 is 0 Å². The second-order valence-corrected chi connectivity index (χ2v) is 4.65. The summed E-state index contributed by atoms with van der Waals surface area (Å²) in [5.74, 6) is -0.238. The van der Waals surface area contributed by atoms with E-state index in [-0.39, 0.29) is 5.82 Å². The van der Waals surface area contributed by atoms with Crippen LogP contribution in [-0.2, 0) is 6.54 Å². The van der Waals surface area contributed by atoms with Crippen LogP contribution in [0.3, 0.4) is 0 Å². The van der Waals surface area contributed by atoms with Crippen molar-refractivity contribution in [1.82, 2.24) is 14.9 Å². The molecule has 1 saturated heterocycles. The maximum Gasteiger partial charge on any atom is 0.151 e. The summed E-state index contributed by atoms with van der Waals surface area (Å²) in [5.41, 5.74) is 1.36. The fourth-order valence-corrected chi connectivity index (χ4v) is 2.52. The Bertz CT molecular complexity index is 514. The average Bonchev–Trinajstić information content (AvgIpc) is 2.76. The summed E-state index contributed by atoms with van der Waals surface area (Å²) in [4.78, 5) is 4.14. The molecule has 1 aliphatic heterocycles. The van der Waals surface area contributed by atoms with Crippen LogP contribution in [-0.4, -0.2) is 22.1 Å². The quantitative estimate of drug-likeness (QED) is 0.862. The van der Waals surface area contributed by atoms with Crippen LogP contribution in [0.4, 0.5) is 4.39 Å². The van der Waals surface area contributed by atoms with Gasteiger partial charge in [-0.1, -0.05) is 12.5 Å². The fraction of sp³-hybridized carbons (Fsp3) is 0.462. The molecule has 2 aromatic rings. The van der Waals surface area contributed by atoms with Crippen molar-refractivity contribution >= 4 is 11.0 Å².